The Hall–Kier alpha value is -1.16. The van der Waals surface area contributed by atoms with Gasteiger partial charge in [-0.15, -0.1) is 0 Å². The molecule has 4 fully saturated rings. The van der Waals surface area contributed by atoms with Crippen molar-refractivity contribution in [2.75, 3.05) is 0 Å². The molecule has 0 unspecified atom stereocenters. The van der Waals surface area contributed by atoms with Gasteiger partial charge in [-0.3, -0.25) is 9.59 Å². The minimum atomic E-state index is -0.827. The number of carboxylic acids is 1. The number of aliphatic carboxylic acids is 1. The van der Waals surface area contributed by atoms with Gasteiger partial charge in [0.2, 0.25) is 0 Å². The van der Waals surface area contributed by atoms with Crippen molar-refractivity contribution in [2.45, 2.75) is 57.7 Å². The van der Waals surface area contributed by atoms with Gasteiger partial charge in [-0.05, 0) is 50.0 Å². The molecule has 5 aliphatic rings. The largest absolute Gasteiger partial charge is 0.481 e. The molecule has 3 aliphatic carbocycles. The fraction of sp³-hybridized carbons (Fsp3) is 0.765. The predicted octanol–water partition coefficient (Wildman–Crippen LogP) is 2.57. The van der Waals surface area contributed by atoms with Gasteiger partial charge < -0.3 is 9.84 Å². The van der Waals surface area contributed by atoms with Crippen LogP contribution in [-0.4, -0.2) is 28.6 Å². The third kappa shape index (κ3) is 1.54. The van der Waals surface area contributed by atoms with Crippen LogP contribution in [0, 0.1) is 22.7 Å². The van der Waals surface area contributed by atoms with E-state index in [-0.39, 0.29) is 35.2 Å². The van der Waals surface area contributed by atoms with Crippen LogP contribution in [0.5, 0.6) is 0 Å². The summed E-state index contributed by atoms with van der Waals surface area (Å²) in [5, 5.41) is 9.03. The van der Waals surface area contributed by atoms with Crippen LogP contribution in [0.1, 0.15) is 46.0 Å². The molecule has 0 aromatic carbocycles. The van der Waals surface area contributed by atoms with Crippen molar-refractivity contribution >= 4 is 11.8 Å². The zero-order valence-electron chi connectivity index (χ0n) is 12.6. The van der Waals surface area contributed by atoms with Gasteiger partial charge in [-0.2, -0.15) is 0 Å². The number of hydrogen-bond acceptors (Lipinski definition) is 3. The predicted molar refractivity (Wildman–Crippen MR) is 75.7 cm³/mol. The monoisotopic (exact) mass is 290 g/mol. The Balaban J connectivity index is 1.75. The third-order valence-corrected chi connectivity index (χ3v) is 6.77. The first-order valence-corrected chi connectivity index (χ1v) is 7.92. The van der Waals surface area contributed by atoms with Gasteiger partial charge >= 0.3 is 5.97 Å². The van der Waals surface area contributed by atoms with Gasteiger partial charge in [0, 0.05) is 17.8 Å². The van der Waals surface area contributed by atoms with E-state index in [9.17, 15) is 9.59 Å². The fourth-order valence-corrected chi connectivity index (χ4v) is 6.01. The molecular weight excluding hydrogens is 268 g/mol. The van der Waals surface area contributed by atoms with E-state index < -0.39 is 11.4 Å². The van der Waals surface area contributed by atoms with E-state index in [1.54, 1.807) is 6.08 Å². The second-order valence-corrected chi connectivity index (χ2v) is 8.00. The van der Waals surface area contributed by atoms with Gasteiger partial charge in [0.1, 0.15) is 0 Å². The molecule has 6 atom stereocenters. The number of carbonyl (C=O) groups excluding carboxylic acids is 1. The topological polar surface area (TPSA) is 63.6 Å². The molecule has 21 heavy (non-hydrogen) atoms. The third-order valence-electron chi connectivity index (χ3n) is 6.77. The van der Waals surface area contributed by atoms with Crippen LogP contribution in [0.2, 0.25) is 0 Å². The molecule has 4 heteroatoms. The summed E-state index contributed by atoms with van der Waals surface area (Å²) in [6.07, 6.45) is 7.57. The van der Waals surface area contributed by atoms with Crippen LogP contribution in [0.3, 0.4) is 0 Å². The molecule has 2 saturated carbocycles. The van der Waals surface area contributed by atoms with E-state index in [2.05, 4.69) is 13.0 Å². The molecular formula is C17H22O4. The van der Waals surface area contributed by atoms with E-state index in [0.717, 1.165) is 19.3 Å². The number of rotatable bonds is 3. The second-order valence-electron chi connectivity index (χ2n) is 8.00. The Bertz CT molecular complexity index is 567. The maximum atomic E-state index is 12.6. The highest BCUT2D eigenvalue weighted by Gasteiger charge is 2.71. The number of ketones is 1. The summed E-state index contributed by atoms with van der Waals surface area (Å²) in [5.74, 6) is 0.00281. The van der Waals surface area contributed by atoms with Crippen LogP contribution < -0.4 is 0 Å². The van der Waals surface area contributed by atoms with Crippen molar-refractivity contribution in [3.05, 3.63) is 12.2 Å². The van der Waals surface area contributed by atoms with Crippen molar-refractivity contribution in [2.24, 2.45) is 22.7 Å². The lowest BCUT2D eigenvalue weighted by atomic mass is 9.51. The molecule has 0 aromatic rings. The lowest BCUT2D eigenvalue weighted by molar-refractivity contribution is -0.170. The van der Waals surface area contributed by atoms with Gasteiger partial charge in [-0.1, -0.05) is 13.0 Å². The zero-order valence-corrected chi connectivity index (χ0v) is 12.6. The molecule has 4 nitrogen and oxygen atoms in total. The highest BCUT2D eigenvalue weighted by atomic mass is 16.5. The van der Waals surface area contributed by atoms with Gasteiger partial charge in [0.05, 0.1) is 11.7 Å². The normalized spacial score (nSPS) is 53.2. The zero-order chi connectivity index (χ0) is 15.0. The van der Waals surface area contributed by atoms with Crippen LogP contribution in [0.25, 0.3) is 0 Å². The van der Waals surface area contributed by atoms with Crippen LogP contribution in [0.4, 0.5) is 0 Å². The number of allylic oxidation sites excluding steroid dienone is 2. The van der Waals surface area contributed by atoms with Gasteiger partial charge in [-0.25, -0.2) is 0 Å². The summed E-state index contributed by atoms with van der Waals surface area (Å²) < 4.78 is 6.32. The quantitative estimate of drug-likeness (QED) is 0.867. The molecule has 1 spiro atoms. The summed E-state index contributed by atoms with van der Waals surface area (Å²) in [4.78, 5) is 23.6. The number of carbonyl (C=O) groups is 2. The molecule has 0 aromatic heterocycles. The molecule has 114 valence electrons. The minimum Gasteiger partial charge on any atom is -0.481 e. The van der Waals surface area contributed by atoms with Crippen molar-refractivity contribution in [1.29, 1.82) is 0 Å². The standard InChI is InChI=1S/C17H22O4/c1-15(5-4-13(19)20)12(18)3-6-17-8-10-7-11(14(15)17)21-16(10,2)9-17/h3,6,10-11,14H,4-5,7-9H2,1-2H3,(H,19,20)/t10-,11-,14-,15+,16-,17-/m0/s1. The first-order valence-electron chi connectivity index (χ1n) is 7.92. The Labute approximate surface area is 124 Å². The Kier molecular flexibility index (Phi) is 2.43. The van der Waals surface area contributed by atoms with E-state index in [4.69, 9.17) is 9.84 Å². The Morgan fingerprint density at radius 3 is 2.90 bits per heavy atom. The maximum absolute atomic E-state index is 12.6. The van der Waals surface area contributed by atoms with E-state index in [1.807, 2.05) is 6.92 Å². The van der Waals surface area contributed by atoms with Crippen LogP contribution in [0.15, 0.2) is 12.2 Å². The number of ether oxygens (including phenoxy) is 1. The van der Waals surface area contributed by atoms with Crippen LogP contribution >= 0.6 is 0 Å². The number of hydrogen-bond donors (Lipinski definition) is 1. The Morgan fingerprint density at radius 1 is 1.48 bits per heavy atom. The molecule has 2 heterocycles. The minimum absolute atomic E-state index is 0.0282. The lowest BCUT2D eigenvalue weighted by Crippen LogP contribution is -2.56. The average Bonchev–Trinajstić information content (AvgIpc) is 2.75. The van der Waals surface area contributed by atoms with E-state index >= 15 is 0 Å². The molecule has 4 bridgehead atoms. The number of carboxylic acid groups (broad SMARTS) is 1. The van der Waals surface area contributed by atoms with Crippen molar-refractivity contribution in [3.63, 3.8) is 0 Å². The van der Waals surface area contributed by atoms with Crippen molar-refractivity contribution < 1.29 is 19.4 Å². The first-order chi connectivity index (χ1) is 9.79. The van der Waals surface area contributed by atoms with Gasteiger partial charge in [0.15, 0.2) is 5.78 Å². The highest BCUT2D eigenvalue weighted by molar-refractivity contribution is 5.96. The summed E-state index contributed by atoms with van der Waals surface area (Å²) in [6, 6.07) is 0. The van der Waals surface area contributed by atoms with Crippen molar-refractivity contribution in [1.82, 2.24) is 0 Å². The molecule has 0 amide bonds. The summed E-state index contributed by atoms with van der Waals surface area (Å²) in [7, 11) is 0. The fourth-order valence-electron chi connectivity index (χ4n) is 6.01. The molecule has 5 rings (SSSR count). The molecule has 2 aliphatic heterocycles. The highest BCUT2D eigenvalue weighted by Crippen LogP contribution is 2.71. The summed E-state index contributed by atoms with van der Waals surface area (Å²) >= 11 is 0. The average molecular weight is 290 g/mol. The summed E-state index contributed by atoms with van der Waals surface area (Å²) in [5.41, 5.74) is -0.560. The second kappa shape index (κ2) is 3.78. The van der Waals surface area contributed by atoms with Gasteiger partial charge in [0.25, 0.3) is 0 Å². The summed E-state index contributed by atoms with van der Waals surface area (Å²) in [6.45, 7) is 4.17. The lowest BCUT2D eigenvalue weighted by Gasteiger charge is -2.55. The smallest absolute Gasteiger partial charge is 0.303 e. The van der Waals surface area contributed by atoms with E-state index in [1.165, 1.54) is 0 Å². The van der Waals surface area contributed by atoms with Crippen LogP contribution in [-0.2, 0) is 14.3 Å². The SMILES string of the molecule is C[C@]12C[C@@]34C=CC(=O)[C@@](C)(CCC(=O)O)[C@@H]3[C@H](C[C@H]1C4)O2. The molecule has 1 N–H and O–H groups in total. The Morgan fingerprint density at radius 2 is 2.24 bits per heavy atom. The first kappa shape index (κ1) is 13.5. The van der Waals surface area contributed by atoms with E-state index in [0.29, 0.717) is 12.3 Å². The molecule has 2 saturated heterocycles. The maximum Gasteiger partial charge on any atom is 0.303 e. The molecule has 0 radical (unpaired) electrons. The van der Waals surface area contributed by atoms with Crippen molar-refractivity contribution in [3.8, 4) is 0 Å².